The maximum absolute atomic E-state index is 10.8. The summed E-state index contributed by atoms with van der Waals surface area (Å²) in [6, 6.07) is 1.55. The third kappa shape index (κ3) is 2.02. The van der Waals surface area contributed by atoms with Crippen LogP contribution in [0.25, 0.3) is 0 Å². The van der Waals surface area contributed by atoms with Gasteiger partial charge in [0, 0.05) is 0 Å². The SMILES string of the molecule is Cc1cc(S(N)(=O)=O)sc1Br. The van der Waals surface area contributed by atoms with E-state index in [1.54, 1.807) is 6.07 Å². The van der Waals surface area contributed by atoms with Crippen molar-refractivity contribution in [2.24, 2.45) is 5.14 Å². The lowest BCUT2D eigenvalue weighted by Gasteiger charge is -1.87. The van der Waals surface area contributed by atoms with E-state index in [0.717, 1.165) is 20.7 Å². The normalized spacial score (nSPS) is 11.9. The molecule has 0 saturated heterocycles. The van der Waals surface area contributed by atoms with Crippen LogP contribution in [0.3, 0.4) is 0 Å². The quantitative estimate of drug-likeness (QED) is 0.827. The largest absolute Gasteiger partial charge is 0.247 e. The predicted molar refractivity (Wildman–Crippen MR) is 48.1 cm³/mol. The van der Waals surface area contributed by atoms with Crippen molar-refractivity contribution in [1.82, 2.24) is 0 Å². The molecule has 0 unspecified atom stereocenters. The molecule has 3 nitrogen and oxygen atoms in total. The average molecular weight is 256 g/mol. The number of nitrogens with two attached hydrogens (primary N) is 1. The second kappa shape index (κ2) is 2.85. The Hall–Kier alpha value is 0.0900. The van der Waals surface area contributed by atoms with Gasteiger partial charge in [-0.2, -0.15) is 0 Å². The highest BCUT2D eigenvalue weighted by atomic mass is 79.9. The molecule has 0 spiro atoms. The summed E-state index contributed by atoms with van der Waals surface area (Å²) in [6.45, 7) is 1.81. The highest BCUT2D eigenvalue weighted by Gasteiger charge is 2.12. The van der Waals surface area contributed by atoms with Crippen molar-refractivity contribution in [3.63, 3.8) is 0 Å². The molecular weight excluding hydrogens is 250 g/mol. The number of thiophene rings is 1. The fourth-order valence-electron chi connectivity index (χ4n) is 0.572. The number of rotatable bonds is 1. The Labute approximate surface area is 77.4 Å². The number of hydrogen-bond donors (Lipinski definition) is 1. The van der Waals surface area contributed by atoms with Crippen LogP contribution >= 0.6 is 27.3 Å². The molecule has 11 heavy (non-hydrogen) atoms. The van der Waals surface area contributed by atoms with Crippen LogP contribution in [-0.4, -0.2) is 8.42 Å². The molecule has 1 heterocycles. The molecule has 62 valence electrons. The molecule has 0 saturated carbocycles. The number of halogens is 1. The van der Waals surface area contributed by atoms with E-state index in [4.69, 9.17) is 5.14 Å². The maximum atomic E-state index is 10.8. The van der Waals surface area contributed by atoms with E-state index >= 15 is 0 Å². The Morgan fingerprint density at radius 2 is 2.18 bits per heavy atom. The minimum absolute atomic E-state index is 0.196. The minimum Gasteiger partial charge on any atom is -0.224 e. The van der Waals surface area contributed by atoms with E-state index in [-0.39, 0.29) is 4.21 Å². The van der Waals surface area contributed by atoms with Crippen LogP contribution in [0, 0.1) is 6.92 Å². The van der Waals surface area contributed by atoms with Gasteiger partial charge in [0.1, 0.15) is 4.21 Å². The van der Waals surface area contributed by atoms with E-state index in [1.807, 2.05) is 6.92 Å². The van der Waals surface area contributed by atoms with Gasteiger partial charge in [-0.25, -0.2) is 13.6 Å². The summed E-state index contributed by atoms with van der Waals surface area (Å²) < 4.78 is 22.5. The maximum Gasteiger partial charge on any atom is 0.247 e. The van der Waals surface area contributed by atoms with Crippen LogP contribution < -0.4 is 5.14 Å². The average Bonchev–Trinajstić information content (AvgIpc) is 2.11. The zero-order valence-electron chi connectivity index (χ0n) is 5.67. The van der Waals surface area contributed by atoms with Crippen molar-refractivity contribution in [1.29, 1.82) is 0 Å². The van der Waals surface area contributed by atoms with Crippen molar-refractivity contribution in [2.45, 2.75) is 11.1 Å². The molecule has 0 bridgehead atoms. The fourth-order valence-corrected chi connectivity index (χ4v) is 3.22. The zero-order chi connectivity index (χ0) is 8.65. The summed E-state index contributed by atoms with van der Waals surface area (Å²) in [7, 11) is -3.52. The molecular formula is C5H6BrNO2S2. The molecule has 0 atom stereocenters. The molecule has 0 radical (unpaired) electrons. The Balaban J connectivity index is 3.29. The molecule has 0 fully saturated rings. The second-order valence-electron chi connectivity index (χ2n) is 2.07. The van der Waals surface area contributed by atoms with Crippen molar-refractivity contribution >= 4 is 37.3 Å². The van der Waals surface area contributed by atoms with Crippen molar-refractivity contribution in [3.05, 3.63) is 15.4 Å². The van der Waals surface area contributed by atoms with Gasteiger partial charge in [0.05, 0.1) is 3.79 Å². The number of aryl methyl sites for hydroxylation is 1. The van der Waals surface area contributed by atoms with E-state index in [0.29, 0.717) is 0 Å². The first kappa shape index (κ1) is 9.18. The first-order valence-corrected chi connectivity index (χ1v) is 5.85. The lowest BCUT2D eigenvalue weighted by Crippen LogP contribution is -2.09. The highest BCUT2D eigenvalue weighted by molar-refractivity contribution is 9.11. The number of sulfonamides is 1. The summed E-state index contributed by atoms with van der Waals surface area (Å²) in [4.78, 5) is 0. The van der Waals surface area contributed by atoms with Crippen molar-refractivity contribution in [2.75, 3.05) is 0 Å². The molecule has 1 aromatic rings. The van der Waals surface area contributed by atoms with E-state index in [1.165, 1.54) is 0 Å². The van der Waals surface area contributed by atoms with Crippen molar-refractivity contribution in [3.8, 4) is 0 Å². The standard InChI is InChI=1S/C5H6BrNO2S2/c1-3-2-4(10-5(3)6)11(7,8)9/h2H,1H3,(H2,7,8,9). The summed E-state index contributed by atoms with van der Waals surface area (Å²) in [5, 5.41) is 4.90. The molecule has 0 aliphatic heterocycles. The van der Waals surface area contributed by atoms with Crippen LogP contribution in [0.1, 0.15) is 5.56 Å². The van der Waals surface area contributed by atoms with Crippen LogP contribution in [0.5, 0.6) is 0 Å². The van der Waals surface area contributed by atoms with E-state index in [9.17, 15) is 8.42 Å². The predicted octanol–water partition coefficient (Wildman–Crippen LogP) is 1.47. The topological polar surface area (TPSA) is 60.2 Å². The first-order chi connectivity index (χ1) is 4.91. The zero-order valence-corrected chi connectivity index (χ0v) is 8.88. The molecule has 1 rings (SSSR count). The Bertz CT molecular complexity index is 348. The van der Waals surface area contributed by atoms with Gasteiger partial charge in [-0.05, 0) is 34.5 Å². The summed E-state index contributed by atoms with van der Waals surface area (Å²) in [6.07, 6.45) is 0. The van der Waals surface area contributed by atoms with Gasteiger partial charge in [-0.3, -0.25) is 0 Å². The van der Waals surface area contributed by atoms with Gasteiger partial charge in [0.15, 0.2) is 0 Å². The smallest absolute Gasteiger partial charge is 0.224 e. The van der Waals surface area contributed by atoms with Gasteiger partial charge >= 0.3 is 0 Å². The van der Waals surface area contributed by atoms with Gasteiger partial charge in [0.25, 0.3) is 0 Å². The molecule has 0 aromatic carbocycles. The van der Waals surface area contributed by atoms with Crippen LogP contribution in [0.15, 0.2) is 14.1 Å². The lowest BCUT2D eigenvalue weighted by atomic mass is 10.4. The number of hydrogen-bond acceptors (Lipinski definition) is 3. The van der Waals surface area contributed by atoms with Crippen LogP contribution in [-0.2, 0) is 10.0 Å². The third-order valence-corrected chi connectivity index (χ3v) is 4.67. The molecule has 1 aromatic heterocycles. The molecule has 2 N–H and O–H groups in total. The lowest BCUT2D eigenvalue weighted by molar-refractivity contribution is 0.599. The molecule has 6 heteroatoms. The summed E-state index contributed by atoms with van der Waals surface area (Å²) >= 11 is 4.33. The van der Waals surface area contributed by atoms with Gasteiger partial charge in [-0.1, -0.05) is 0 Å². The monoisotopic (exact) mass is 255 g/mol. The Morgan fingerprint density at radius 1 is 1.64 bits per heavy atom. The Kier molecular flexibility index (Phi) is 2.38. The second-order valence-corrected chi connectivity index (χ2v) is 6.23. The fraction of sp³-hybridized carbons (Fsp3) is 0.200. The minimum atomic E-state index is -3.52. The number of primary sulfonamides is 1. The Morgan fingerprint density at radius 3 is 2.36 bits per heavy atom. The highest BCUT2D eigenvalue weighted by Crippen LogP contribution is 2.29. The van der Waals surface area contributed by atoms with Crippen LogP contribution in [0.2, 0.25) is 0 Å². The van der Waals surface area contributed by atoms with Gasteiger partial charge < -0.3 is 0 Å². The van der Waals surface area contributed by atoms with Gasteiger partial charge in [0.2, 0.25) is 10.0 Å². The van der Waals surface area contributed by atoms with E-state index < -0.39 is 10.0 Å². The van der Waals surface area contributed by atoms with Crippen molar-refractivity contribution < 1.29 is 8.42 Å². The van der Waals surface area contributed by atoms with E-state index in [2.05, 4.69) is 15.9 Å². The first-order valence-electron chi connectivity index (χ1n) is 2.70. The summed E-state index contributed by atoms with van der Waals surface area (Å²) in [5.41, 5.74) is 0.888. The van der Waals surface area contributed by atoms with Gasteiger partial charge in [-0.15, -0.1) is 11.3 Å². The summed E-state index contributed by atoms with van der Waals surface area (Å²) in [5.74, 6) is 0. The van der Waals surface area contributed by atoms with Crippen LogP contribution in [0.4, 0.5) is 0 Å². The molecule has 0 aliphatic carbocycles. The third-order valence-electron chi connectivity index (χ3n) is 1.12. The molecule has 0 amide bonds. The molecule has 0 aliphatic rings.